The van der Waals surface area contributed by atoms with Crippen molar-refractivity contribution in [3.05, 3.63) is 95.7 Å². The van der Waals surface area contributed by atoms with Crippen LogP contribution in [-0.2, 0) is 0 Å². The summed E-state index contributed by atoms with van der Waals surface area (Å²) < 4.78 is 0. The summed E-state index contributed by atoms with van der Waals surface area (Å²) in [6, 6.07) is 28.1. The molecule has 2 nitrogen and oxygen atoms in total. The number of hydrogen-bond donors (Lipinski definition) is 0. The molecule has 0 unspecified atom stereocenters. The molecular formula is C31H28N2Si. The number of pyridine rings is 1. The highest BCUT2D eigenvalue weighted by Gasteiger charge is 2.18. The van der Waals surface area contributed by atoms with Crippen molar-refractivity contribution in [2.45, 2.75) is 33.5 Å². The normalized spacial score (nSPS) is 11.6. The molecule has 166 valence electrons. The number of benzene rings is 4. The minimum atomic E-state index is -1.33. The third kappa shape index (κ3) is 3.71. The van der Waals surface area contributed by atoms with E-state index in [9.17, 15) is 5.26 Å². The summed E-state index contributed by atoms with van der Waals surface area (Å²) >= 11 is 0. The highest BCUT2D eigenvalue weighted by Crippen LogP contribution is 2.37. The van der Waals surface area contributed by atoms with Crippen molar-refractivity contribution in [3.8, 4) is 28.5 Å². The molecule has 0 saturated carbocycles. The highest BCUT2D eigenvalue weighted by atomic mass is 28.3. The molecule has 3 heteroatoms. The Kier molecular flexibility index (Phi) is 5.35. The number of aryl methyl sites for hydroxylation is 2. The van der Waals surface area contributed by atoms with Crippen LogP contribution in [0.2, 0.25) is 19.6 Å². The molecule has 0 aliphatic rings. The van der Waals surface area contributed by atoms with Crippen molar-refractivity contribution < 1.29 is 0 Å². The zero-order chi connectivity index (χ0) is 24.0. The minimum absolute atomic E-state index is 0.680. The molecule has 0 aliphatic heterocycles. The van der Waals surface area contributed by atoms with Crippen molar-refractivity contribution in [2.24, 2.45) is 0 Å². The van der Waals surface area contributed by atoms with E-state index in [4.69, 9.17) is 4.98 Å². The van der Waals surface area contributed by atoms with Crippen LogP contribution in [0.25, 0.3) is 43.9 Å². The van der Waals surface area contributed by atoms with E-state index in [-0.39, 0.29) is 0 Å². The van der Waals surface area contributed by atoms with Crippen LogP contribution in [-0.4, -0.2) is 13.1 Å². The number of nitrogens with zero attached hydrogens (tertiary/aromatic N) is 2. The molecular weight excluding hydrogens is 428 g/mol. The Morgan fingerprint density at radius 3 is 2.21 bits per heavy atom. The van der Waals surface area contributed by atoms with Crippen LogP contribution in [0.3, 0.4) is 0 Å². The Labute approximate surface area is 202 Å². The number of rotatable bonds is 3. The van der Waals surface area contributed by atoms with Crippen molar-refractivity contribution in [1.29, 1.82) is 5.26 Å². The second kappa shape index (κ2) is 8.24. The van der Waals surface area contributed by atoms with Crippen molar-refractivity contribution in [2.75, 3.05) is 0 Å². The van der Waals surface area contributed by atoms with Gasteiger partial charge in [0.2, 0.25) is 0 Å². The van der Waals surface area contributed by atoms with E-state index < -0.39 is 8.07 Å². The van der Waals surface area contributed by atoms with Gasteiger partial charge >= 0.3 is 0 Å². The molecule has 0 bridgehead atoms. The van der Waals surface area contributed by atoms with Crippen LogP contribution in [0.4, 0.5) is 0 Å². The van der Waals surface area contributed by atoms with Gasteiger partial charge < -0.3 is 0 Å². The molecule has 0 atom stereocenters. The Morgan fingerprint density at radius 2 is 1.50 bits per heavy atom. The fraction of sp³-hybridized carbons (Fsp3) is 0.161. The van der Waals surface area contributed by atoms with Gasteiger partial charge in [-0.05, 0) is 76.5 Å². The Bertz CT molecular complexity index is 1600. The molecule has 0 aliphatic carbocycles. The largest absolute Gasteiger partial charge is 0.256 e. The topological polar surface area (TPSA) is 36.7 Å². The zero-order valence-electron chi connectivity index (χ0n) is 20.4. The number of hydrogen-bond acceptors (Lipinski definition) is 2. The van der Waals surface area contributed by atoms with Gasteiger partial charge in [-0.2, -0.15) is 5.26 Å². The van der Waals surface area contributed by atoms with Crippen molar-refractivity contribution >= 4 is 34.8 Å². The lowest BCUT2D eigenvalue weighted by molar-refractivity contribution is 1.34. The molecule has 5 aromatic rings. The summed E-state index contributed by atoms with van der Waals surface area (Å²) in [4.78, 5) is 4.78. The van der Waals surface area contributed by atoms with Gasteiger partial charge in [-0.25, -0.2) is 0 Å². The fourth-order valence-electron chi connectivity index (χ4n) is 5.02. The first-order chi connectivity index (χ1) is 16.3. The summed E-state index contributed by atoms with van der Waals surface area (Å²) in [5.74, 6) is 0. The molecule has 4 aromatic carbocycles. The zero-order valence-corrected chi connectivity index (χ0v) is 21.4. The maximum absolute atomic E-state index is 9.77. The second-order valence-corrected chi connectivity index (χ2v) is 15.2. The van der Waals surface area contributed by atoms with E-state index in [2.05, 4.69) is 88.1 Å². The monoisotopic (exact) mass is 456 g/mol. The van der Waals surface area contributed by atoms with Crippen LogP contribution in [0.5, 0.6) is 0 Å². The van der Waals surface area contributed by atoms with Crippen LogP contribution in [0.15, 0.2) is 79.0 Å². The summed E-state index contributed by atoms with van der Waals surface area (Å²) in [6.45, 7) is 11.5. The molecule has 0 spiro atoms. The van der Waals surface area contributed by atoms with E-state index in [0.29, 0.717) is 5.56 Å². The van der Waals surface area contributed by atoms with E-state index in [1.54, 1.807) is 0 Å². The molecule has 0 N–H and O–H groups in total. The van der Waals surface area contributed by atoms with Crippen molar-refractivity contribution in [1.82, 2.24) is 4.98 Å². The first kappa shape index (κ1) is 22.1. The van der Waals surface area contributed by atoms with E-state index >= 15 is 0 Å². The maximum Gasteiger partial charge on any atom is 0.0998 e. The van der Waals surface area contributed by atoms with E-state index in [1.807, 2.05) is 30.5 Å². The standard InChI is InChI=1S/C31H28N2Si/c1-20-16-29-27(21(2)30(20)22-10-12-26(13-11-22)34(3,4)5)14-15-33-31(29)24-17-23-8-6-7-9-28(23)25(18-24)19-32/h6-18H,1-5H3. The summed E-state index contributed by atoms with van der Waals surface area (Å²) in [5.41, 5.74) is 7.64. The third-order valence-electron chi connectivity index (χ3n) is 6.82. The number of aromatic nitrogens is 1. The lowest BCUT2D eigenvalue weighted by Crippen LogP contribution is -2.37. The molecule has 0 amide bonds. The summed E-state index contributed by atoms with van der Waals surface area (Å²) in [7, 11) is -1.33. The SMILES string of the molecule is Cc1cc2c(-c3cc(C#N)c4ccccc4c3)nccc2c(C)c1-c1ccc([Si](C)(C)C)cc1. The van der Waals surface area contributed by atoms with E-state index in [0.717, 1.165) is 27.4 Å². The fourth-order valence-corrected chi connectivity index (χ4v) is 6.18. The van der Waals surface area contributed by atoms with Gasteiger partial charge in [0.25, 0.3) is 0 Å². The number of fused-ring (bicyclic) bond motifs is 2. The molecule has 0 saturated heterocycles. The van der Waals surface area contributed by atoms with Gasteiger partial charge in [-0.1, -0.05) is 73.4 Å². The van der Waals surface area contributed by atoms with E-state index in [1.165, 1.54) is 32.8 Å². The summed E-state index contributed by atoms with van der Waals surface area (Å²) in [5, 5.41) is 15.6. The van der Waals surface area contributed by atoms with Crippen LogP contribution in [0, 0.1) is 25.2 Å². The van der Waals surface area contributed by atoms with Gasteiger partial charge in [0.15, 0.2) is 0 Å². The maximum atomic E-state index is 9.77. The van der Waals surface area contributed by atoms with Crippen LogP contribution >= 0.6 is 0 Å². The first-order valence-corrected chi connectivity index (χ1v) is 15.2. The predicted octanol–water partition coefficient (Wildman–Crippen LogP) is 7.76. The van der Waals surface area contributed by atoms with Gasteiger partial charge in [-0.15, -0.1) is 0 Å². The molecule has 0 radical (unpaired) electrons. The minimum Gasteiger partial charge on any atom is -0.256 e. The third-order valence-corrected chi connectivity index (χ3v) is 8.88. The van der Waals surface area contributed by atoms with Gasteiger partial charge in [0, 0.05) is 17.1 Å². The van der Waals surface area contributed by atoms with Gasteiger partial charge in [-0.3, -0.25) is 4.98 Å². The molecule has 0 fully saturated rings. The molecule has 1 aromatic heterocycles. The van der Waals surface area contributed by atoms with Crippen LogP contribution in [0.1, 0.15) is 16.7 Å². The first-order valence-electron chi connectivity index (χ1n) is 11.7. The smallest absolute Gasteiger partial charge is 0.0998 e. The second-order valence-electron chi connectivity index (χ2n) is 10.1. The lowest BCUT2D eigenvalue weighted by Gasteiger charge is -2.19. The average molecular weight is 457 g/mol. The van der Waals surface area contributed by atoms with Gasteiger partial charge in [0.1, 0.15) is 0 Å². The average Bonchev–Trinajstić information content (AvgIpc) is 2.83. The predicted molar refractivity (Wildman–Crippen MR) is 147 cm³/mol. The van der Waals surface area contributed by atoms with Gasteiger partial charge in [0.05, 0.1) is 25.4 Å². The molecule has 34 heavy (non-hydrogen) atoms. The Hall–Kier alpha value is -3.74. The Balaban J connectivity index is 1.71. The molecule has 1 heterocycles. The highest BCUT2D eigenvalue weighted by molar-refractivity contribution is 6.88. The summed E-state index contributed by atoms with van der Waals surface area (Å²) in [6.07, 6.45) is 1.89. The van der Waals surface area contributed by atoms with Crippen molar-refractivity contribution in [3.63, 3.8) is 0 Å². The van der Waals surface area contributed by atoms with Crippen LogP contribution < -0.4 is 5.19 Å². The lowest BCUT2D eigenvalue weighted by atomic mass is 9.89. The number of nitriles is 1. The quantitative estimate of drug-likeness (QED) is 0.260. The Morgan fingerprint density at radius 1 is 0.765 bits per heavy atom. The molecule has 5 rings (SSSR count).